The van der Waals surface area contributed by atoms with E-state index in [1.807, 2.05) is 17.5 Å². The summed E-state index contributed by atoms with van der Waals surface area (Å²) in [5.74, 6) is 0.996. The normalized spacial score (nSPS) is 10.8. The lowest BCUT2D eigenvalue weighted by atomic mass is 10.3. The quantitative estimate of drug-likeness (QED) is 0.733. The number of halogens is 1. The van der Waals surface area contributed by atoms with Crippen LogP contribution < -0.4 is 10.6 Å². The van der Waals surface area contributed by atoms with Crippen molar-refractivity contribution in [1.29, 1.82) is 0 Å². The highest BCUT2D eigenvalue weighted by atomic mass is 32.1. The summed E-state index contributed by atoms with van der Waals surface area (Å²) in [7, 11) is 0. The molecule has 1 aromatic carbocycles. The number of thiophene rings is 1. The van der Waals surface area contributed by atoms with Gasteiger partial charge < -0.3 is 10.6 Å². The van der Waals surface area contributed by atoms with E-state index in [0.717, 1.165) is 23.2 Å². The topological polar surface area (TPSA) is 49.8 Å². The Bertz CT molecular complexity index is 756. The molecule has 0 atom stereocenters. The lowest BCUT2D eigenvalue weighted by Gasteiger charge is -2.09. The van der Waals surface area contributed by atoms with E-state index in [1.54, 1.807) is 17.4 Å². The highest BCUT2D eigenvalue weighted by Gasteiger charge is 2.09. The molecule has 0 amide bonds. The van der Waals surface area contributed by atoms with Crippen LogP contribution in [-0.4, -0.2) is 16.5 Å². The number of hydrogen-bond acceptors (Lipinski definition) is 5. The van der Waals surface area contributed by atoms with E-state index >= 15 is 0 Å². The van der Waals surface area contributed by atoms with Crippen LogP contribution in [-0.2, 0) is 0 Å². The molecular formula is C15H15FN4S. The average Bonchev–Trinajstić information content (AvgIpc) is 2.94. The van der Waals surface area contributed by atoms with Crippen LogP contribution in [0.1, 0.15) is 13.3 Å². The third-order valence-electron chi connectivity index (χ3n) is 2.95. The van der Waals surface area contributed by atoms with Crippen molar-refractivity contribution in [3.05, 3.63) is 41.5 Å². The van der Waals surface area contributed by atoms with Crippen molar-refractivity contribution in [2.45, 2.75) is 13.3 Å². The lowest BCUT2D eigenvalue weighted by Crippen LogP contribution is -2.06. The Labute approximate surface area is 126 Å². The minimum absolute atomic E-state index is 0.278. The molecule has 0 fully saturated rings. The van der Waals surface area contributed by atoms with Gasteiger partial charge in [-0.25, -0.2) is 9.37 Å². The molecule has 0 unspecified atom stereocenters. The van der Waals surface area contributed by atoms with Gasteiger partial charge in [0, 0.05) is 12.2 Å². The monoisotopic (exact) mass is 302 g/mol. The first kappa shape index (κ1) is 13.8. The van der Waals surface area contributed by atoms with Crippen LogP contribution in [0.5, 0.6) is 0 Å². The van der Waals surface area contributed by atoms with Crippen molar-refractivity contribution in [1.82, 2.24) is 9.97 Å². The minimum Gasteiger partial charge on any atom is -0.354 e. The fourth-order valence-corrected chi connectivity index (χ4v) is 2.73. The Morgan fingerprint density at radius 3 is 2.95 bits per heavy atom. The second-order valence-electron chi connectivity index (χ2n) is 4.60. The van der Waals surface area contributed by atoms with Crippen LogP contribution in [0.4, 0.5) is 21.8 Å². The maximum atomic E-state index is 13.3. The molecule has 3 aromatic rings. The van der Waals surface area contributed by atoms with E-state index in [1.165, 1.54) is 12.1 Å². The molecule has 2 heterocycles. The molecule has 2 N–H and O–H groups in total. The summed E-state index contributed by atoms with van der Waals surface area (Å²) in [6.07, 6.45) is 0.999. The van der Waals surface area contributed by atoms with Gasteiger partial charge in [-0.3, -0.25) is 0 Å². The molecule has 2 aromatic heterocycles. The first-order valence-electron chi connectivity index (χ1n) is 6.78. The smallest absolute Gasteiger partial charge is 0.226 e. The van der Waals surface area contributed by atoms with Crippen molar-refractivity contribution in [2.75, 3.05) is 17.2 Å². The SMILES string of the molecule is CCCNc1nc(Nc2cccc(F)c2)c2ccsc2n1. The van der Waals surface area contributed by atoms with E-state index in [-0.39, 0.29) is 5.82 Å². The van der Waals surface area contributed by atoms with Gasteiger partial charge >= 0.3 is 0 Å². The molecule has 0 spiro atoms. The number of anilines is 3. The number of fused-ring (bicyclic) bond motifs is 1. The average molecular weight is 302 g/mol. The van der Waals surface area contributed by atoms with Crippen LogP contribution in [0.15, 0.2) is 35.7 Å². The Kier molecular flexibility index (Phi) is 3.96. The molecule has 3 rings (SSSR count). The van der Waals surface area contributed by atoms with Crippen LogP contribution in [0.3, 0.4) is 0 Å². The van der Waals surface area contributed by atoms with Gasteiger partial charge in [0.2, 0.25) is 5.95 Å². The second kappa shape index (κ2) is 6.05. The Hall–Kier alpha value is -2.21. The third kappa shape index (κ3) is 3.11. The molecule has 0 aliphatic rings. The van der Waals surface area contributed by atoms with Gasteiger partial charge in [0.15, 0.2) is 0 Å². The standard InChI is InChI=1S/C15H15FN4S/c1-2-7-17-15-19-13(12-6-8-21-14(12)20-15)18-11-5-3-4-10(16)9-11/h3-6,8-9H,2,7H2,1H3,(H2,17,18,19,20). The zero-order chi connectivity index (χ0) is 14.7. The summed E-state index contributed by atoms with van der Waals surface area (Å²) in [5.41, 5.74) is 0.669. The number of aromatic nitrogens is 2. The van der Waals surface area contributed by atoms with Crippen molar-refractivity contribution in [3.8, 4) is 0 Å². The zero-order valence-corrected chi connectivity index (χ0v) is 12.4. The van der Waals surface area contributed by atoms with Crippen LogP contribution in [0, 0.1) is 5.82 Å². The maximum Gasteiger partial charge on any atom is 0.226 e. The van der Waals surface area contributed by atoms with Gasteiger partial charge in [-0.05, 0) is 36.1 Å². The van der Waals surface area contributed by atoms with Crippen molar-refractivity contribution >= 4 is 39.0 Å². The molecule has 21 heavy (non-hydrogen) atoms. The highest BCUT2D eigenvalue weighted by Crippen LogP contribution is 2.28. The number of hydrogen-bond donors (Lipinski definition) is 2. The van der Waals surface area contributed by atoms with Crippen molar-refractivity contribution in [3.63, 3.8) is 0 Å². The molecule has 0 saturated carbocycles. The maximum absolute atomic E-state index is 13.3. The summed E-state index contributed by atoms with van der Waals surface area (Å²) in [5, 5.41) is 9.26. The van der Waals surface area contributed by atoms with E-state index in [2.05, 4.69) is 27.5 Å². The molecule has 4 nitrogen and oxygen atoms in total. The summed E-state index contributed by atoms with van der Waals surface area (Å²) >= 11 is 1.56. The van der Waals surface area contributed by atoms with E-state index in [0.29, 0.717) is 17.5 Å². The number of nitrogens with one attached hydrogen (secondary N) is 2. The molecule has 0 bridgehead atoms. The van der Waals surface area contributed by atoms with Gasteiger partial charge in [-0.2, -0.15) is 4.98 Å². The molecular weight excluding hydrogens is 287 g/mol. The summed E-state index contributed by atoms with van der Waals surface area (Å²) in [4.78, 5) is 9.87. The van der Waals surface area contributed by atoms with Crippen LogP contribution >= 0.6 is 11.3 Å². The summed E-state index contributed by atoms with van der Waals surface area (Å²) < 4.78 is 13.3. The van der Waals surface area contributed by atoms with Crippen molar-refractivity contribution < 1.29 is 4.39 Å². The van der Waals surface area contributed by atoms with Gasteiger partial charge in [-0.1, -0.05) is 13.0 Å². The first-order chi connectivity index (χ1) is 10.3. The molecule has 0 aliphatic heterocycles. The Morgan fingerprint density at radius 2 is 2.14 bits per heavy atom. The zero-order valence-electron chi connectivity index (χ0n) is 11.6. The third-order valence-corrected chi connectivity index (χ3v) is 3.75. The van der Waals surface area contributed by atoms with Gasteiger partial charge in [0.05, 0.1) is 5.39 Å². The molecule has 0 saturated heterocycles. The molecule has 6 heteroatoms. The molecule has 108 valence electrons. The van der Waals surface area contributed by atoms with E-state index in [9.17, 15) is 4.39 Å². The largest absolute Gasteiger partial charge is 0.354 e. The first-order valence-corrected chi connectivity index (χ1v) is 7.66. The fourth-order valence-electron chi connectivity index (χ4n) is 1.97. The van der Waals surface area contributed by atoms with Gasteiger partial charge in [0.1, 0.15) is 16.5 Å². The Morgan fingerprint density at radius 1 is 1.24 bits per heavy atom. The summed E-state index contributed by atoms with van der Waals surface area (Å²) in [6, 6.07) is 8.30. The van der Waals surface area contributed by atoms with E-state index < -0.39 is 0 Å². The van der Waals surface area contributed by atoms with Gasteiger partial charge in [0.25, 0.3) is 0 Å². The second-order valence-corrected chi connectivity index (χ2v) is 5.49. The van der Waals surface area contributed by atoms with Crippen molar-refractivity contribution in [2.24, 2.45) is 0 Å². The Balaban J connectivity index is 1.97. The number of benzene rings is 1. The number of rotatable bonds is 5. The predicted molar refractivity (Wildman–Crippen MR) is 85.9 cm³/mol. The van der Waals surface area contributed by atoms with Crippen LogP contribution in [0.25, 0.3) is 10.2 Å². The fraction of sp³-hybridized carbons (Fsp3) is 0.200. The van der Waals surface area contributed by atoms with E-state index in [4.69, 9.17) is 0 Å². The lowest BCUT2D eigenvalue weighted by molar-refractivity contribution is 0.628. The predicted octanol–water partition coefficient (Wildman–Crippen LogP) is 4.40. The molecule has 0 radical (unpaired) electrons. The highest BCUT2D eigenvalue weighted by molar-refractivity contribution is 7.16. The van der Waals surface area contributed by atoms with Crippen LogP contribution in [0.2, 0.25) is 0 Å². The van der Waals surface area contributed by atoms with Gasteiger partial charge in [-0.15, -0.1) is 11.3 Å². The number of nitrogens with zero attached hydrogens (tertiary/aromatic N) is 2. The minimum atomic E-state index is -0.278. The molecule has 0 aliphatic carbocycles. The summed E-state index contributed by atoms with van der Waals surface area (Å²) in [6.45, 7) is 2.90.